The van der Waals surface area contributed by atoms with Crippen LogP contribution in [0, 0.1) is 5.41 Å². The number of halogens is 1. The van der Waals surface area contributed by atoms with Crippen LogP contribution in [0.3, 0.4) is 0 Å². The Hall–Kier alpha value is -2.23. The van der Waals surface area contributed by atoms with Crippen molar-refractivity contribution < 1.29 is 18.0 Å². The Morgan fingerprint density at radius 2 is 1.53 bits per heavy atom. The second-order valence-corrected chi connectivity index (χ2v) is 10.8. The van der Waals surface area contributed by atoms with Crippen molar-refractivity contribution in [3.05, 3.63) is 52.5 Å². The van der Waals surface area contributed by atoms with Crippen LogP contribution in [0.4, 0.5) is 11.4 Å². The minimum Gasteiger partial charge on any atom is -0.326 e. The maximum absolute atomic E-state index is 12.7. The molecule has 0 atom stereocenters. The predicted octanol–water partition coefficient (Wildman–Crippen LogP) is 4.13. The van der Waals surface area contributed by atoms with Crippen molar-refractivity contribution in [2.24, 2.45) is 5.41 Å². The Kier molecular flexibility index (Phi) is 6.35. The van der Waals surface area contributed by atoms with Crippen LogP contribution in [-0.4, -0.2) is 26.3 Å². The molecule has 2 amide bonds. The lowest BCUT2D eigenvalue weighted by atomic mass is 9.95. The molecule has 2 aromatic carbocycles. The number of rotatable bonds is 6. The largest absolute Gasteiger partial charge is 0.326 e. The molecule has 0 heterocycles. The molecule has 0 unspecified atom stereocenters. The molecule has 2 aromatic rings. The average molecular weight is 494 g/mol. The Labute approximate surface area is 184 Å². The summed E-state index contributed by atoms with van der Waals surface area (Å²) in [6.07, 6.45) is 1.66. The van der Waals surface area contributed by atoms with Gasteiger partial charge in [-0.3, -0.25) is 9.59 Å². The van der Waals surface area contributed by atoms with Crippen LogP contribution in [0.1, 0.15) is 44.0 Å². The molecule has 1 aliphatic carbocycles. The summed E-state index contributed by atoms with van der Waals surface area (Å²) in [5.41, 5.74) is 0.830. The fourth-order valence-corrected chi connectivity index (χ4v) is 4.25. The van der Waals surface area contributed by atoms with E-state index >= 15 is 0 Å². The smallest absolute Gasteiger partial charge is 0.256 e. The zero-order valence-electron chi connectivity index (χ0n) is 17.0. The molecule has 3 rings (SSSR count). The van der Waals surface area contributed by atoms with E-state index in [9.17, 15) is 18.0 Å². The number of benzene rings is 2. The fraction of sp³-hybridized carbons (Fsp3) is 0.333. The number of hydrogen-bond donors (Lipinski definition) is 3. The highest BCUT2D eigenvalue weighted by Crippen LogP contribution is 2.26. The highest BCUT2D eigenvalue weighted by molar-refractivity contribution is 9.10. The van der Waals surface area contributed by atoms with Gasteiger partial charge in [-0.15, -0.1) is 0 Å². The summed E-state index contributed by atoms with van der Waals surface area (Å²) < 4.78 is 28.0. The molecule has 1 saturated carbocycles. The molecule has 9 heteroatoms. The van der Waals surface area contributed by atoms with E-state index in [0.29, 0.717) is 15.8 Å². The van der Waals surface area contributed by atoms with Gasteiger partial charge in [0.25, 0.3) is 5.91 Å². The highest BCUT2D eigenvalue weighted by atomic mass is 79.9. The van der Waals surface area contributed by atoms with Gasteiger partial charge in [0.15, 0.2) is 0 Å². The van der Waals surface area contributed by atoms with Gasteiger partial charge in [0.2, 0.25) is 15.9 Å². The van der Waals surface area contributed by atoms with E-state index in [1.807, 2.05) is 20.8 Å². The van der Waals surface area contributed by atoms with Gasteiger partial charge in [-0.2, -0.15) is 0 Å². The number of hydrogen-bond acceptors (Lipinski definition) is 4. The molecule has 160 valence electrons. The molecule has 30 heavy (non-hydrogen) atoms. The molecule has 7 nitrogen and oxygen atoms in total. The van der Waals surface area contributed by atoms with Crippen LogP contribution >= 0.6 is 15.9 Å². The van der Waals surface area contributed by atoms with E-state index in [1.165, 1.54) is 12.1 Å². The molecule has 0 bridgehead atoms. The van der Waals surface area contributed by atoms with E-state index in [-0.39, 0.29) is 22.4 Å². The van der Waals surface area contributed by atoms with Crippen LogP contribution in [0.2, 0.25) is 0 Å². The molecule has 1 aliphatic rings. The third-order valence-corrected chi connectivity index (χ3v) is 6.68. The van der Waals surface area contributed by atoms with E-state index in [0.717, 1.165) is 12.8 Å². The molecule has 0 spiro atoms. The zero-order chi connectivity index (χ0) is 22.1. The van der Waals surface area contributed by atoms with Crippen molar-refractivity contribution in [1.82, 2.24) is 4.72 Å². The van der Waals surface area contributed by atoms with Crippen LogP contribution in [-0.2, 0) is 14.8 Å². The van der Waals surface area contributed by atoms with Gasteiger partial charge < -0.3 is 10.6 Å². The lowest BCUT2D eigenvalue weighted by Crippen LogP contribution is -2.27. The van der Waals surface area contributed by atoms with Crippen molar-refractivity contribution >= 4 is 49.1 Å². The third kappa shape index (κ3) is 5.68. The maximum Gasteiger partial charge on any atom is 0.256 e. The zero-order valence-corrected chi connectivity index (χ0v) is 19.4. The summed E-state index contributed by atoms with van der Waals surface area (Å²) in [7, 11) is -3.66. The van der Waals surface area contributed by atoms with Gasteiger partial charge in [0.05, 0.1) is 10.5 Å². The predicted molar refractivity (Wildman–Crippen MR) is 120 cm³/mol. The van der Waals surface area contributed by atoms with Crippen molar-refractivity contribution in [3.8, 4) is 0 Å². The number of amides is 2. The summed E-state index contributed by atoms with van der Waals surface area (Å²) in [5.74, 6) is -0.558. The molecule has 1 fully saturated rings. The van der Waals surface area contributed by atoms with Crippen LogP contribution in [0.15, 0.2) is 51.8 Å². The normalized spacial score (nSPS) is 14.3. The molecular formula is C21H24BrN3O4S. The SMILES string of the molecule is CC(C)(C)C(=O)Nc1ccc(NC(=O)c2cc(S(=O)(=O)NC3CC3)ccc2Br)cc1. The lowest BCUT2D eigenvalue weighted by molar-refractivity contribution is -0.123. The first kappa shape index (κ1) is 22.5. The fourth-order valence-electron chi connectivity index (χ4n) is 2.49. The minimum atomic E-state index is -3.66. The van der Waals surface area contributed by atoms with Crippen LogP contribution < -0.4 is 15.4 Å². The van der Waals surface area contributed by atoms with Crippen molar-refractivity contribution in [3.63, 3.8) is 0 Å². The second-order valence-electron chi connectivity index (χ2n) is 8.27. The summed E-state index contributed by atoms with van der Waals surface area (Å²) >= 11 is 3.31. The standard InChI is InChI=1S/C21H24BrN3O4S/c1-21(2,3)20(27)24-14-6-4-13(5-7-14)23-19(26)17-12-16(10-11-18(17)22)30(28,29)25-15-8-9-15/h4-7,10-12,15,25H,8-9H2,1-3H3,(H,23,26)(H,24,27). The van der Waals surface area contributed by atoms with E-state index in [1.54, 1.807) is 30.3 Å². The summed E-state index contributed by atoms with van der Waals surface area (Å²) in [4.78, 5) is 24.8. The Balaban J connectivity index is 1.72. The van der Waals surface area contributed by atoms with Crippen molar-refractivity contribution in [1.29, 1.82) is 0 Å². The number of carbonyl (C=O) groups excluding carboxylic acids is 2. The Morgan fingerprint density at radius 3 is 2.07 bits per heavy atom. The first-order chi connectivity index (χ1) is 14.0. The minimum absolute atomic E-state index is 0.0202. The van der Waals surface area contributed by atoms with E-state index in [4.69, 9.17) is 0 Å². The van der Waals surface area contributed by atoms with E-state index < -0.39 is 21.3 Å². The highest BCUT2D eigenvalue weighted by Gasteiger charge is 2.28. The molecular weight excluding hydrogens is 470 g/mol. The van der Waals surface area contributed by atoms with Gasteiger partial charge >= 0.3 is 0 Å². The number of anilines is 2. The molecule has 0 radical (unpaired) electrons. The molecule has 0 saturated heterocycles. The average Bonchev–Trinajstić information content (AvgIpc) is 3.46. The summed E-state index contributed by atoms with van der Waals surface area (Å²) in [6.45, 7) is 5.47. The van der Waals surface area contributed by atoms with E-state index in [2.05, 4.69) is 31.3 Å². The molecule has 0 aromatic heterocycles. The Morgan fingerprint density at radius 1 is 0.967 bits per heavy atom. The second kappa shape index (κ2) is 8.49. The van der Waals surface area contributed by atoms with Crippen molar-refractivity contribution in [2.75, 3.05) is 10.6 Å². The van der Waals surface area contributed by atoms with Gasteiger partial charge in [-0.05, 0) is 71.2 Å². The monoisotopic (exact) mass is 493 g/mol. The van der Waals surface area contributed by atoms with Crippen molar-refractivity contribution in [2.45, 2.75) is 44.6 Å². The van der Waals surface area contributed by atoms with Gasteiger partial charge in [0.1, 0.15) is 0 Å². The van der Waals surface area contributed by atoms with Gasteiger partial charge in [-0.25, -0.2) is 13.1 Å². The maximum atomic E-state index is 12.7. The number of sulfonamides is 1. The molecule has 0 aliphatic heterocycles. The summed E-state index contributed by atoms with van der Waals surface area (Å²) in [6, 6.07) is 11.0. The number of nitrogens with one attached hydrogen (secondary N) is 3. The molecule has 3 N–H and O–H groups in total. The topological polar surface area (TPSA) is 104 Å². The quantitative estimate of drug-likeness (QED) is 0.562. The van der Waals surface area contributed by atoms with Gasteiger partial charge in [-0.1, -0.05) is 20.8 Å². The number of carbonyl (C=O) groups is 2. The summed E-state index contributed by atoms with van der Waals surface area (Å²) in [5, 5.41) is 5.56. The third-order valence-electron chi connectivity index (χ3n) is 4.47. The van der Waals surface area contributed by atoms with Crippen LogP contribution in [0.25, 0.3) is 0 Å². The first-order valence-corrected chi connectivity index (χ1v) is 11.8. The first-order valence-electron chi connectivity index (χ1n) is 9.50. The van der Waals surface area contributed by atoms with Gasteiger partial charge in [0, 0.05) is 27.3 Å². The Bertz CT molecular complexity index is 1070. The lowest BCUT2D eigenvalue weighted by Gasteiger charge is -2.17. The van der Waals surface area contributed by atoms with Crippen LogP contribution in [0.5, 0.6) is 0 Å².